The van der Waals surface area contributed by atoms with Gasteiger partial charge in [0.1, 0.15) is 0 Å². The summed E-state index contributed by atoms with van der Waals surface area (Å²) >= 11 is 6.18. The van der Waals surface area contributed by atoms with Gasteiger partial charge < -0.3 is 14.2 Å². The fraction of sp³-hybridized carbons (Fsp3) is 0.455. The molecule has 1 aliphatic rings. The van der Waals surface area contributed by atoms with Gasteiger partial charge in [0, 0.05) is 30.6 Å². The lowest BCUT2D eigenvalue weighted by molar-refractivity contribution is -0.145. The summed E-state index contributed by atoms with van der Waals surface area (Å²) in [5, 5.41) is 16.6. The van der Waals surface area contributed by atoms with Crippen LogP contribution in [0.3, 0.4) is 0 Å². The van der Waals surface area contributed by atoms with Crippen LogP contribution in [0.15, 0.2) is 34.9 Å². The van der Waals surface area contributed by atoms with Gasteiger partial charge in [-0.25, -0.2) is 4.79 Å². The average Bonchev–Trinajstić information content (AvgIpc) is 3.49. The summed E-state index contributed by atoms with van der Waals surface area (Å²) in [7, 11) is 0. The molecule has 0 unspecified atom stereocenters. The van der Waals surface area contributed by atoms with Crippen molar-refractivity contribution in [3.8, 4) is 11.6 Å². The Labute approximate surface area is 195 Å². The molecule has 4 rings (SSSR count). The number of halogens is 1. The number of aromatic nitrogens is 5. The number of tetrazole rings is 1. The van der Waals surface area contributed by atoms with E-state index in [-0.39, 0.29) is 24.1 Å². The molecule has 1 aromatic carbocycles. The predicted molar refractivity (Wildman–Crippen MR) is 120 cm³/mol. The van der Waals surface area contributed by atoms with Gasteiger partial charge in [0.25, 0.3) is 0 Å². The zero-order valence-electron chi connectivity index (χ0n) is 18.3. The summed E-state index contributed by atoms with van der Waals surface area (Å²) < 4.78 is 10.5. The molecule has 0 saturated carbocycles. The third-order valence-electron chi connectivity index (χ3n) is 5.53. The summed E-state index contributed by atoms with van der Waals surface area (Å²) in [5.74, 6) is 0.814. The molecular weight excluding hydrogens is 448 g/mol. The predicted octanol–water partition coefficient (Wildman–Crippen LogP) is 3.42. The van der Waals surface area contributed by atoms with Gasteiger partial charge in [-0.15, -0.1) is 10.2 Å². The Morgan fingerprint density at radius 3 is 2.79 bits per heavy atom. The number of hydrogen-bond donors (Lipinski definition) is 0. The van der Waals surface area contributed by atoms with E-state index in [0.29, 0.717) is 54.7 Å². The molecule has 2 aromatic heterocycles. The molecule has 3 heterocycles. The number of rotatable bonds is 9. The van der Waals surface area contributed by atoms with Crippen molar-refractivity contribution in [3.05, 3.63) is 40.9 Å². The molecule has 0 N–H and O–H groups in total. The number of hydrogen-bond acceptors (Lipinski definition) is 9. The van der Waals surface area contributed by atoms with Crippen LogP contribution < -0.4 is 4.90 Å². The number of anilines is 1. The highest BCUT2D eigenvalue weighted by Gasteiger charge is 2.28. The van der Waals surface area contributed by atoms with E-state index in [1.807, 2.05) is 19.1 Å². The van der Waals surface area contributed by atoms with Crippen LogP contribution in [0.25, 0.3) is 11.6 Å². The van der Waals surface area contributed by atoms with Gasteiger partial charge in [0.15, 0.2) is 18.1 Å². The molecule has 0 spiro atoms. The summed E-state index contributed by atoms with van der Waals surface area (Å²) in [4.78, 5) is 27.8. The van der Waals surface area contributed by atoms with E-state index < -0.39 is 5.97 Å². The molecule has 1 fully saturated rings. The van der Waals surface area contributed by atoms with Crippen LogP contribution in [0.1, 0.15) is 43.0 Å². The Morgan fingerprint density at radius 1 is 1.24 bits per heavy atom. The summed E-state index contributed by atoms with van der Waals surface area (Å²) in [6.07, 6.45) is 3.15. The number of Topliss-reactive ketones (excluding diaryl/α,β-unsaturated/α-hetero) is 1. The molecule has 10 nitrogen and oxygen atoms in total. The topological polar surface area (TPSA) is 116 Å². The molecular formula is C22H25ClN6O4. The molecule has 174 valence electrons. The fourth-order valence-electron chi connectivity index (χ4n) is 3.67. The summed E-state index contributed by atoms with van der Waals surface area (Å²) in [6.45, 7) is 3.61. The molecule has 0 amide bonds. The largest absolute Gasteiger partial charge is 0.464 e. The van der Waals surface area contributed by atoms with Gasteiger partial charge in [-0.05, 0) is 36.6 Å². The minimum Gasteiger partial charge on any atom is -0.464 e. The first-order valence-electron chi connectivity index (χ1n) is 11.0. The van der Waals surface area contributed by atoms with Gasteiger partial charge in [-0.1, -0.05) is 42.2 Å². The molecule has 0 atom stereocenters. The van der Waals surface area contributed by atoms with Crippen LogP contribution in [-0.4, -0.2) is 56.8 Å². The highest BCUT2D eigenvalue weighted by Crippen LogP contribution is 2.29. The van der Waals surface area contributed by atoms with E-state index in [2.05, 4.69) is 25.5 Å². The van der Waals surface area contributed by atoms with E-state index in [1.54, 1.807) is 18.2 Å². The van der Waals surface area contributed by atoms with Crippen molar-refractivity contribution >= 4 is 29.2 Å². The van der Waals surface area contributed by atoms with Crippen LogP contribution in [0.2, 0.25) is 5.02 Å². The maximum absolute atomic E-state index is 12.8. The number of unbranched alkanes of at least 4 members (excludes halogenated alkanes) is 1. The fourth-order valence-corrected chi connectivity index (χ4v) is 3.90. The number of piperidine rings is 1. The van der Waals surface area contributed by atoms with E-state index >= 15 is 0 Å². The Hall–Kier alpha value is -3.27. The van der Waals surface area contributed by atoms with Crippen molar-refractivity contribution in [1.29, 1.82) is 0 Å². The zero-order valence-corrected chi connectivity index (χ0v) is 19.1. The molecule has 33 heavy (non-hydrogen) atoms. The molecule has 0 radical (unpaired) electrons. The third-order valence-corrected chi connectivity index (χ3v) is 5.86. The van der Waals surface area contributed by atoms with E-state index in [0.717, 1.165) is 17.6 Å². The van der Waals surface area contributed by atoms with Crippen molar-refractivity contribution in [2.24, 2.45) is 5.92 Å². The van der Waals surface area contributed by atoms with Gasteiger partial charge in [-0.3, -0.25) is 4.79 Å². The van der Waals surface area contributed by atoms with Crippen molar-refractivity contribution in [2.45, 2.75) is 39.2 Å². The first kappa shape index (κ1) is 22.9. The first-order valence-corrected chi connectivity index (χ1v) is 11.4. The molecule has 11 heteroatoms. The first-order chi connectivity index (χ1) is 16.0. The number of carbonyl (C=O) groups excluding carboxylic acids is 2. The maximum Gasteiger partial charge on any atom is 0.329 e. The monoisotopic (exact) mass is 472 g/mol. The second-order valence-electron chi connectivity index (χ2n) is 7.87. The SMILES string of the molecule is CCCCOC(=O)Cn1nnc(-c2cc(N3CCC(C(=O)c4ccccc4Cl)CC3)no2)n1. The van der Waals surface area contributed by atoms with Crippen LogP contribution in [0.5, 0.6) is 0 Å². The Morgan fingerprint density at radius 2 is 2.03 bits per heavy atom. The third kappa shape index (κ3) is 5.57. The normalized spacial score (nSPS) is 14.4. The lowest BCUT2D eigenvalue weighted by Crippen LogP contribution is -2.36. The standard InChI is InChI=1S/C22H25ClN6O4/c1-2-3-12-32-20(30)14-29-25-22(24-27-29)18-13-19(26-33-18)28-10-8-15(9-11-28)21(31)16-6-4-5-7-17(16)23/h4-7,13,15H,2-3,8-12,14H2,1H3. The Kier molecular flexibility index (Phi) is 7.33. The number of ether oxygens (including phenoxy) is 1. The minimum absolute atomic E-state index is 0.0776. The molecule has 0 aliphatic carbocycles. The lowest BCUT2D eigenvalue weighted by atomic mass is 9.89. The summed E-state index contributed by atoms with van der Waals surface area (Å²) in [5.41, 5.74) is 0.574. The van der Waals surface area contributed by atoms with Gasteiger partial charge >= 0.3 is 5.97 Å². The Balaban J connectivity index is 1.32. The minimum atomic E-state index is -0.417. The van der Waals surface area contributed by atoms with Crippen molar-refractivity contribution in [2.75, 3.05) is 24.6 Å². The maximum atomic E-state index is 12.8. The van der Waals surface area contributed by atoms with Crippen molar-refractivity contribution in [3.63, 3.8) is 0 Å². The number of carbonyl (C=O) groups is 2. The highest BCUT2D eigenvalue weighted by atomic mass is 35.5. The van der Waals surface area contributed by atoms with Gasteiger partial charge in [-0.2, -0.15) is 4.80 Å². The zero-order chi connectivity index (χ0) is 23.2. The van der Waals surface area contributed by atoms with E-state index in [1.165, 1.54) is 0 Å². The van der Waals surface area contributed by atoms with Crippen LogP contribution >= 0.6 is 11.6 Å². The number of ketones is 1. The van der Waals surface area contributed by atoms with Crippen LogP contribution in [0.4, 0.5) is 5.82 Å². The van der Waals surface area contributed by atoms with Crippen LogP contribution in [-0.2, 0) is 16.1 Å². The van der Waals surface area contributed by atoms with E-state index in [4.69, 9.17) is 20.9 Å². The number of benzene rings is 1. The van der Waals surface area contributed by atoms with Gasteiger partial charge in [0.05, 0.1) is 11.6 Å². The van der Waals surface area contributed by atoms with Crippen molar-refractivity contribution < 1.29 is 18.8 Å². The number of nitrogens with zero attached hydrogens (tertiary/aromatic N) is 6. The number of esters is 1. The average molecular weight is 473 g/mol. The highest BCUT2D eigenvalue weighted by molar-refractivity contribution is 6.34. The van der Waals surface area contributed by atoms with Gasteiger partial charge in [0.2, 0.25) is 11.6 Å². The van der Waals surface area contributed by atoms with Crippen LogP contribution in [0, 0.1) is 5.92 Å². The second kappa shape index (κ2) is 10.6. The lowest BCUT2D eigenvalue weighted by Gasteiger charge is -2.31. The Bertz CT molecular complexity index is 1110. The van der Waals surface area contributed by atoms with E-state index in [9.17, 15) is 9.59 Å². The second-order valence-corrected chi connectivity index (χ2v) is 8.28. The molecule has 1 saturated heterocycles. The summed E-state index contributed by atoms with van der Waals surface area (Å²) in [6, 6.07) is 8.88. The molecule has 0 bridgehead atoms. The molecule has 1 aliphatic heterocycles. The smallest absolute Gasteiger partial charge is 0.329 e. The molecule has 3 aromatic rings. The van der Waals surface area contributed by atoms with Crippen molar-refractivity contribution in [1.82, 2.24) is 25.4 Å². The quantitative estimate of drug-likeness (QED) is 0.262.